The van der Waals surface area contributed by atoms with Crippen LogP contribution < -0.4 is 10.6 Å². The minimum absolute atomic E-state index is 0.271. The van der Waals surface area contributed by atoms with Crippen molar-refractivity contribution in [3.63, 3.8) is 0 Å². The van der Waals surface area contributed by atoms with Gasteiger partial charge in [0.05, 0.1) is 0 Å². The van der Waals surface area contributed by atoms with Gasteiger partial charge in [-0.3, -0.25) is 24.6 Å². The van der Waals surface area contributed by atoms with Crippen molar-refractivity contribution >= 4 is 23.8 Å². The van der Waals surface area contributed by atoms with Crippen molar-refractivity contribution in [2.45, 2.75) is 27.7 Å². The van der Waals surface area contributed by atoms with E-state index in [9.17, 15) is 19.2 Å². The number of hydrogen-bond acceptors (Lipinski definition) is 4. The summed E-state index contributed by atoms with van der Waals surface area (Å²) >= 11 is 0. The molecule has 5 amide bonds. The molecular formula is C12H19N3O4. The van der Waals surface area contributed by atoms with Gasteiger partial charge in [-0.15, -0.1) is 0 Å². The minimum atomic E-state index is -1.34. The SMILES string of the molecule is CC(C)CNC(=O)CN1C(=O)NC(=O)C(C)(C)C1=O. The van der Waals surface area contributed by atoms with E-state index in [0.29, 0.717) is 6.54 Å². The van der Waals surface area contributed by atoms with Crippen LogP contribution in [0.5, 0.6) is 0 Å². The molecule has 0 aromatic carbocycles. The zero-order valence-corrected chi connectivity index (χ0v) is 11.6. The molecule has 0 atom stereocenters. The van der Waals surface area contributed by atoms with Gasteiger partial charge in [-0.2, -0.15) is 0 Å². The summed E-state index contributed by atoms with van der Waals surface area (Å²) < 4.78 is 0. The molecule has 2 N–H and O–H groups in total. The molecule has 1 heterocycles. The average molecular weight is 269 g/mol. The maximum absolute atomic E-state index is 12.0. The molecule has 19 heavy (non-hydrogen) atoms. The predicted octanol–water partition coefficient (Wildman–Crippen LogP) is -0.137. The summed E-state index contributed by atoms with van der Waals surface area (Å²) in [5.74, 6) is -1.47. The lowest BCUT2D eigenvalue weighted by molar-refractivity contribution is -0.150. The highest BCUT2D eigenvalue weighted by atomic mass is 16.2. The third-order valence-electron chi connectivity index (χ3n) is 2.82. The molecule has 1 rings (SSSR count). The van der Waals surface area contributed by atoms with E-state index in [1.54, 1.807) is 0 Å². The molecule has 1 aliphatic heterocycles. The van der Waals surface area contributed by atoms with Gasteiger partial charge in [0.15, 0.2) is 0 Å². The number of imide groups is 2. The van der Waals surface area contributed by atoms with Gasteiger partial charge in [-0.1, -0.05) is 13.8 Å². The van der Waals surface area contributed by atoms with E-state index in [1.807, 2.05) is 13.8 Å². The third-order valence-corrected chi connectivity index (χ3v) is 2.82. The Morgan fingerprint density at radius 1 is 1.32 bits per heavy atom. The Morgan fingerprint density at radius 2 is 1.89 bits per heavy atom. The zero-order valence-electron chi connectivity index (χ0n) is 11.6. The van der Waals surface area contributed by atoms with E-state index in [-0.39, 0.29) is 12.5 Å². The van der Waals surface area contributed by atoms with Crippen LogP contribution in [0.3, 0.4) is 0 Å². The summed E-state index contributed by atoms with van der Waals surface area (Å²) in [5.41, 5.74) is -1.34. The van der Waals surface area contributed by atoms with Crippen LogP contribution in [0.1, 0.15) is 27.7 Å². The quantitative estimate of drug-likeness (QED) is 0.694. The van der Waals surface area contributed by atoms with Crippen molar-refractivity contribution in [2.75, 3.05) is 13.1 Å². The van der Waals surface area contributed by atoms with Gasteiger partial charge >= 0.3 is 6.03 Å². The molecule has 0 radical (unpaired) electrons. The lowest BCUT2D eigenvalue weighted by atomic mass is 9.89. The number of nitrogens with zero attached hydrogens (tertiary/aromatic N) is 1. The number of barbiturate groups is 1. The molecule has 106 valence electrons. The van der Waals surface area contributed by atoms with Crippen molar-refractivity contribution in [3.05, 3.63) is 0 Å². The van der Waals surface area contributed by atoms with Crippen molar-refractivity contribution in [1.29, 1.82) is 0 Å². The molecule has 0 aromatic heterocycles. The molecule has 1 fully saturated rings. The fourth-order valence-corrected chi connectivity index (χ4v) is 1.51. The number of rotatable bonds is 4. The van der Waals surface area contributed by atoms with E-state index >= 15 is 0 Å². The molecule has 7 nitrogen and oxygen atoms in total. The predicted molar refractivity (Wildman–Crippen MR) is 66.9 cm³/mol. The van der Waals surface area contributed by atoms with Crippen LogP contribution in [0, 0.1) is 11.3 Å². The fraction of sp³-hybridized carbons (Fsp3) is 0.667. The average Bonchev–Trinajstić information content (AvgIpc) is 2.30. The molecule has 0 saturated carbocycles. The molecule has 0 unspecified atom stereocenters. The maximum atomic E-state index is 12.0. The maximum Gasteiger partial charge on any atom is 0.331 e. The summed E-state index contributed by atoms with van der Waals surface area (Å²) in [6, 6.07) is -0.853. The standard InChI is InChI=1S/C12H19N3O4/c1-7(2)5-13-8(16)6-15-10(18)12(3,4)9(17)14-11(15)19/h7H,5-6H2,1-4H3,(H,13,16)(H,14,17,19). The number of hydrogen-bond donors (Lipinski definition) is 2. The second kappa shape index (κ2) is 5.38. The van der Waals surface area contributed by atoms with E-state index in [1.165, 1.54) is 13.8 Å². The van der Waals surface area contributed by atoms with Gasteiger partial charge in [0.2, 0.25) is 17.7 Å². The van der Waals surface area contributed by atoms with E-state index < -0.39 is 29.2 Å². The lowest BCUT2D eigenvalue weighted by Crippen LogP contribution is -2.63. The van der Waals surface area contributed by atoms with Crippen LogP contribution in [0.15, 0.2) is 0 Å². The Morgan fingerprint density at radius 3 is 2.42 bits per heavy atom. The van der Waals surface area contributed by atoms with Gasteiger partial charge < -0.3 is 5.32 Å². The third kappa shape index (κ3) is 3.30. The minimum Gasteiger partial charge on any atom is -0.354 e. The largest absolute Gasteiger partial charge is 0.354 e. The van der Waals surface area contributed by atoms with E-state index in [4.69, 9.17) is 0 Å². The van der Waals surface area contributed by atoms with Crippen LogP contribution in [-0.4, -0.2) is 41.7 Å². The molecule has 1 saturated heterocycles. The Labute approximate surface area is 111 Å². The Hall–Kier alpha value is -1.92. The van der Waals surface area contributed by atoms with Gasteiger partial charge in [0.1, 0.15) is 12.0 Å². The summed E-state index contributed by atoms with van der Waals surface area (Å²) in [6.07, 6.45) is 0. The second-order valence-electron chi connectivity index (χ2n) is 5.47. The summed E-state index contributed by atoms with van der Waals surface area (Å²) in [4.78, 5) is 47.5. The topological polar surface area (TPSA) is 95.6 Å². The van der Waals surface area contributed by atoms with Crippen LogP contribution in [0.25, 0.3) is 0 Å². The first-order chi connectivity index (χ1) is 8.66. The number of carbonyl (C=O) groups excluding carboxylic acids is 4. The number of nitrogens with one attached hydrogen (secondary N) is 2. The van der Waals surface area contributed by atoms with Crippen LogP contribution in [0.2, 0.25) is 0 Å². The highest BCUT2D eigenvalue weighted by molar-refractivity contribution is 6.19. The molecule has 7 heteroatoms. The normalized spacial score (nSPS) is 18.6. The second-order valence-corrected chi connectivity index (χ2v) is 5.47. The van der Waals surface area contributed by atoms with Gasteiger partial charge in [-0.05, 0) is 19.8 Å². The lowest BCUT2D eigenvalue weighted by Gasteiger charge is -2.34. The first kappa shape index (κ1) is 15.1. The van der Waals surface area contributed by atoms with Gasteiger partial charge in [0.25, 0.3) is 0 Å². The van der Waals surface area contributed by atoms with Crippen LogP contribution in [-0.2, 0) is 14.4 Å². The summed E-state index contributed by atoms with van der Waals surface area (Å²) in [7, 11) is 0. The van der Waals surface area contributed by atoms with Crippen LogP contribution >= 0.6 is 0 Å². The van der Waals surface area contributed by atoms with Crippen molar-refractivity contribution in [3.8, 4) is 0 Å². The monoisotopic (exact) mass is 269 g/mol. The zero-order chi connectivity index (χ0) is 14.8. The highest BCUT2D eigenvalue weighted by Crippen LogP contribution is 2.22. The smallest absolute Gasteiger partial charge is 0.331 e. The van der Waals surface area contributed by atoms with Crippen molar-refractivity contribution < 1.29 is 19.2 Å². The Kier molecular flexibility index (Phi) is 4.28. The van der Waals surface area contributed by atoms with E-state index in [0.717, 1.165) is 4.90 Å². The van der Waals surface area contributed by atoms with Gasteiger partial charge in [-0.25, -0.2) is 4.79 Å². The number of urea groups is 1. The highest BCUT2D eigenvalue weighted by Gasteiger charge is 2.47. The molecule has 0 aliphatic carbocycles. The van der Waals surface area contributed by atoms with Gasteiger partial charge in [0, 0.05) is 6.54 Å². The molecule has 1 aliphatic rings. The Bertz CT molecular complexity index is 429. The number of amides is 5. The van der Waals surface area contributed by atoms with Crippen molar-refractivity contribution in [2.24, 2.45) is 11.3 Å². The van der Waals surface area contributed by atoms with Crippen LogP contribution in [0.4, 0.5) is 4.79 Å². The fourth-order valence-electron chi connectivity index (χ4n) is 1.51. The molecule has 0 bridgehead atoms. The first-order valence-corrected chi connectivity index (χ1v) is 6.10. The van der Waals surface area contributed by atoms with E-state index in [2.05, 4.69) is 10.6 Å². The molecular weight excluding hydrogens is 250 g/mol. The number of carbonyl (C=O) groups is 4. The summed E-state index contributed by atoms with van der Waals surface area (Å²) in [5, 5.41) is 4.68. The Balaban J connectivity index is 2.72. The first-order valence-electron chi connectivity index (χ1n) is 6.10. The van der Waals surface area contributed by atoms with Crippen molar-refractivity contribution in [1.82, 2.24) is 15.5 Å². The summed E-state index contributed by atoms with van der Waals surface area (Å²) in [6.45, 7) is 6.77. The molecule has 0 aromatic rings. The molecule has 0 spiro atoms.